The largest absolute Gasteiger partial charge is 0.462 e. The Hall–Kier alpha value is -1.43. The molecule has 2 rings (SSSR count). The van der Waals surface area contributed by atoms with Gasteiger partial charge in [0.05, 0.1) is 19.3 Å². The van der Waals surface area contributed by atoms with E-state index >= 15 is 0 Å². The van der Waals surface area contributed by atoms with E-state index in [0.29, 0.717) is 25.0 Å². The van der Waals surface area contributed by atoms with Crippen LogP contribution in [0.15, 0.2) is 30.3 Å². The molecule has 0 bridgehead atoms. The number of carbonyl (C=O) groups is 1. The number of rotatable bonds is 5. The molecular formula is C15H20O5. The first-order valence-electron chi connectivity index (χ1n) is 6.78. The number of aliphatic hydroxyl groups is 1. The van der Waals surface area contributed by atoms with Gasteiger partial charge in [0.2, 0.25) is 0 Å². The predicted octanol–water partition coefficient (Wildman–Crippen LogP) is 1.80. The van der Waals surface area contributed by atoms with Crippen molar-refractivity contribution in [1.82, 2.24) is 0 Å². The lowest BCUT2D eigenvalue weighted by Gasteiger charge is -2.29. The van der Waals surface area contributed by atoms with Crippen LogP contribution in [0.3, 0.4) is 0 Å². The molecule has 0 saturated carbocycles. The molecule has 3 atom stereocenters. The van der Waals surface area contributed by atoms with Gasteiger partial charge < -0.3 is 19.3 Å². The molecule has 1 unspecified atom stereocenters. The standard InChI is InChI=1S/C15H20O5/c1-11(16)20-13-7-8-18-14(9-13)10-19-15(17)12-5-3-2-4-6-12/h2-6,13-15,17H,7-10H2,1H3/t13-,14?,15+/m1/s1. The van der Waals surface area contributed by atoms with Crippen LogP contribution in [-0.4, -0.2) is 36.5 Å². The highest BCUT2D eigenvalue weighted by Crippen LogP contribution is 2.20. The second-order valence-electron chi connectivity index (χ2n) is 4.84. The van der Waals surface area contributed by atoms with Gasteiger partial charge in [-0.15, -0.1) is 0 Å². The Labute approximate surface area is 118 Å². The molecule has 20 heavy (non-hydrogen) atoms. The van der Waals surface area contributed by atoms with Crippen LogP contribution in [0.1, 0.15) is 31.6 Å². The lowest BCUT2D eigenvalue weighted by Crippen LogP contribution is -2.35. The molecule has 0 spiro atoms. The summed E-state index contributed by atoms with van der Waals surface area (Å²) in [6.07, 6.45) is 0.0578. The fourth-order valence-corrected chi connectivity index (χ4v) is 2.22. The molecule has 0 aliphatic carbocycles. The van der Waals surface area contributed by atoms with Crippen molar-refractivity contribution in [2.45, 2.75) is 38.3 Å². The first kappa shape index (κ1) is 15.0. The van der Waals surface area contributed by atoms with Gasteiger partial charge in [0.25, 0.3) is 0 Å². The summed E-state index contributed by atoms with van der Waals surface area (Å²) in [4.78, 5) is 10.9. The third-order valence-corrected chi connectivity index (χ3v) is 3.18. The van der Waals surface area contributed by atoms with Gasteiger partial charge >= 0.3 is 5.97 Å². The van der Waals surface area contributed by atoms with E-state index in [4.69, 9.17) is 14.2 Å². The summed E-state index contributed by atoms with van der Waals surface area (Å²) in [6, 6.07) is 9.16. The summed E-state index contributed by atoms with van der Waals surface area (Å²) in [6.45, 7) is 2.21. The first-order valence-corrected chi connectivity index (χ1v) is 6.78. The predicted molar refractivity (Wildman–Crippen MR) is 71.9 cm³/mol. The SMILES string of the molecule is CC(=O)O[C@@H]1CCOC(CO[C@H](O)c2ccccc2)C1. The van der Waals surface area contributed by atoms with Crippen molar-refractivity contribution in [3.63, 3.8) is 0 Å². The molecule has 1 aromatic rings. The second-order valence-corrected chi connectivity index (χ2v) is 4.84. The van der Waals surface area contributed by atoms with E-state index in [2.05, 4.69) is 0 Å². The summed E-state index contributed by atoms with van der Waals surface area (Å²) in [5.41, 5.74) is 0.708. The topological polar surface area (TPSA) is 65.0 Å². The Kier molecular flexibility index (Phi) is 5.52. The van der Waals surface area contributed by atoms with Gasteiger partial charge in [-0.1, -0.05) is 30.3 Å². The molecule has 0 aromatic heterocycles. The Morgan fingerprint density at radius 2 is 2.20 bits per heavy atom. The fourth-order valence-electron chi connectivity index (χ4n) is 2.22. The number of carbonyl (C=O) groups excluding carboxylic acids is 1. The lowest BCUT2D eigenvalue weighted by molar-refractivity contribution is -0.166. The molecule has 1 aromatic carbocycles. The molecular weight excluding hydrogens is 260 g/mol. The fraction of sp³-hybridized carbons (Fsp3) is 0.533. The molecule has 1 aliphatic rings. The van der Waals surface area contributed by atoms with Gasteiger partial charge in [-0.25, -0.2) is 0 Å². The lowest BCUT2D eigenvalue weighted by atomic mass is 10.1. The highest BCUT2D eigenvalue weighted by molar-refractivity contribution is 5.66. The van der Waals surface area contributed by atoms with Crippen molar-refractivity contribution in [3.05, 3.63) is 35.9 Å². The van der Waals surface area contributed by atoms with Crippen molar-refractivity contribution in [2.24, 2.45) is 0 Å². The molecule has 5 heteroatoms. The number of esters is 1. The third-order valence-electron chi connectivity index (χ3n) is 3.18. The van der Waals surface area contributed by atoms with Gasteiger partial charge in [0, 0.05) is 25.3 Å². The number of aliphatic hydroxyl groups excluding tert-OH is 1. The molecule has 1 fully saturated rings. The average Bonchev–Trinajstić information content (AvgIpc) is 2.45. The quantitative estimate of drug-likeness (QED) is 0.658. The van der Waals surface area contributed by atoms with Crippen LogP contribution >= 0.6 is 0 Å². The minimum Gasteiger partial charge on any atom is -0.462 e. The Balaban J connectivity index is 1.77. The maximum absolute atomic E-state index is 10.9. The summed E-state index contributed by atoms with van der Waals surface area (Å²) in [5, 5.41) is 9.90. The number of ether oxygens (including phenoxy) is 3. The smallest absolute Gasteiger partial charge is 0.302 e. The summed E-state index contributed by atoms with van der Waals surface area (Å²) < 4.78 is 16.1. The van der Waals surface area contributed by atoms with E-state index < -0.39 is 6.29 Å². The summed E-state index contributed by atoms with van der Waals surface area (Å²) >= 11 is 0. The molecule has 1 aliphatic heterocycles. The maximum atomic E-state index is 10.9. The molecule has 1 N–H and O–H groups in total. The first-order chi connectivity index (χ1) is 9.65. The van der Waals surface area contributed by atoms with Crippen LogP contribution in [0.5, 0.6) is 0 Å². The molecule has 0 amide bonds. The summed E-state index contributed by atoms with van der Waals surface area (Å²) in [5.74, 6) is -0.277. The number of benzene rings is 1. The van der Waals surface area contributed by atoms with E-state index in [1.807, 2.05) is 18.2 Å². The monoisotopic (exact) mass is 280 g/mol. The Morgan fingerprint density at radius 1 is 1.45 bits per heavy atom. The van der Waals surface area contributed by atoms with E-state index in [9.17, 15) is 9.90 Å². The van der Waals surface area contributed by atoms with E-state index in [-0.39, 0.29) is 24.8 Å². The zero-order valence-electron chi connectivity index (χ0n) is 11.5. The summed E-state index contributed by atoms with van der Waals surface area (Å²) in [7, 11) is 0. The van der Waals surface area contributed by atoms with E-state index in [1.54, 1.807) is 12.1 Å². The van der Waals surface area contributed by atoms with Gasteiger partial charge in [-0.2, -0.15) is 0 Å². The highest BCUT2D eigenvalue weighted by Gasteiger charge is 2.25. The van der Waals surface area contributed by atoms with Crippen molar-refractivity contribution >= 4 is 5.97 Å². The Morgan fingerprint density at radius 3 is 2.90 bits per heavy atom. The zero-order chi connectivity index (χ0) is 14.4. The zero-order valence-corrected chi connectivity index (χ0v) is 11.5. The highest BCUT2D eigenvalue weighted by atomic mass is 16.6. The van der Waals surface area contributed by atoms with Gasteiger partial charge in [0.15, 0.2) is 6.29 Å². The molecule has 1 heterocycles. The van der Waals surface area contributed by atoms with E-state index in [0.717, 1.165) is 0 Å². The number of hydrogen-bond acceptors (Lipinski definition) is 5. The molecule has 110 valence electrons. The van der Waals surface area contributed by atoms with Gasteiger partial charge in [-0.3, -0.25) is 4.79 Å². The number of hydrogen-bond donors (Lipinski definition) is 1. The van der Waals surface area contributed by atoms with Crippen LogP contribution in [0.4, 0.5) is 0 Å². The van der Waals surface area contributed by atoms with Crippen LogP contribution in [-0.2, 0) is 19.0 Å². The maximum Gasteiger partial charge on any atom is 0.302 e. The second kappa shape index (κ2) is 7.38. The molecule has 0 radical (unpaired) electrons. The van der Waals surface area contributed by atoms with Crippen molar-refractivity contribution in [2.75, 3.05) is 13.2 Å². The normalized spacial score (nSPS) is 24.1. The van der Waals surface area contributed by atoms with Crippen molar-refractivity contribution in [3.8, 4) is 0 Å². The van der Waals surface area contributed by atoms with Crippen LogP contribution in [0, 0.1) is 0 Å². The molecule has 5 nitrogen and oxygen atoms in total. The van der Waals surface area contributed by atoms with Crippen molar-refractivity contribution in [1.29, 1.82) is 0 Å². The van der Waals surface area contributed by atoms with Crippen LogP contribution in [0.25, 0.3) is 0 Å². The van der Waals surface area contributed by atoms with Crippen LogP contribution in [0.2, 0.25) is 0 Å². The van der Waals surface area contributed by atoms with Gasteiger partial charge in [-0.05, 0) is 0 Å². The minimum atomic E-state index is -0.964. The minimum absolute atomic E-state index is 0.122. The average molecular weight is 280 g/mol. The van der Waals surface area contributed by atoms with Gasteiger partial charge in [0.1, 0.15) is 6.10 Å². The Bertz CT molecular complexity index is 420. The van der Waals surface area contributed by atoms with Crippen molar-refractivity contribution < 1.29 is 24.1 Å². The molecule has 1 saturated heterocycles. The van der Waals surface area contributed by atoms with Crippen LogP contribution < -0.4 is 0 Å². The third kappa shape index (κ3) is 4.59. The van der Waals surface area contributed by atoms with E-state index in [1.165, 1.54) is 6.92 Å².